The van der Waals surface area contributed by atoms with Gasteiger partial charge in [-0.25, -0.2) is 4.98 Å². The highest BCUT2D eigenvalue weighted by Crippen LogP contribution is 2.31. The lowest BCUT2D eigenvalue weighted by atomic mass is 9.91. The minimum Gasteiger partial charge on any atom is -0.369 e. The molecular weight excluding hydrogens is 402 g/mol. The molecule has 0 spiro atoms. The molecule has 1 aliphatic rings. The molecule has 7 nitrogen and oxygen atoms in total. The third-order valence-electron chi connectivity index (χ3n) is 5.70. The van der Waals surface area contributed by atoms with Crippen LogP contribution in [0.5, 0.6) is 0 Å². The van der Waals surface area contributed by atoms with Crippen LogP contribution in [-0.2, 0) is 9.59 Å². The average molecular weight is 430 g/mol. The van der Waals surface area contributed by atoms with Crippen LogP contribution in [0.1, 0.15) is 36.3 Å². The highest BCUT2D eigenvalue weighted by molar-refractivity contribution is 5.87. The number of amides is 2. The summed E-state index contributed by atoms with van der Waals surface area (Å²) in [5.41, 5.74) is 8.98. The summed E-state index contributed by atoms with van der Waals surface area (Å²) < 4.78 is 0. The van der Waals surface area contributed by atoms with Crippen molar-refractivity contribution >= 4 is 17.6 Å². The molecule has 7 heteroatoms. The van der Waals surface area contributed by atoms with E-state index in [1.54, 1.807) is 18.5 Å². The van der Waals surface area contributed by atoms with Crippen LogP contribution in [0.4, 0.5) is 5.82 Å². The second kappa shape index (κ2) is 10.0. The molecule has 1 atom stereocenters. The number of nitrogens with two attached hydrogens (primary N) is 1. The van der Waals surface area contributed by atoms with Gasteiger partial charge in [0.05, 0.1) is 11.6 Å². The average Bonchev–Trinajstić information content (AvgIpc) is 2.82. The smallest absolute Gasteiger partial charge is 0.229 e. The van der Waals surface area contributed by atoms with Gasteiger partial charge in [-0.3, -0.25) is 14.6 Å². The number of rotatable bonds is 8. The highest BCUT2D eigenvalue weighted by atomic mass is 16.2. The number of pyridine rings is 2. The van der Waals surface area contributed by atoms with Crippen molar-refractivity contribution in [3.63, 3.8) is 0 Å². The summed E-state index contributed by atoms with van der Waals surface area (Å²) in [7, 11) is 0. The van der Waals surface area contributed by atoms with Gasteiger partial charge in [-0.15, -0.1) is 0 Å². The SMILES string of the molecule is NC(=O)C(c1cccnc1)c1ccc(-c2ccccc2)nc1NCCN1CCCCC1=O. The summed E-state index contributed by atoms with van der Waals surface area (Å²) in [6.07, 6.45) is 5.91. The normalized spacial score (nSPS) is 14.8. The number of nitrogens with zero attached hydrogens (tertiary/aromatic N) is 3. The second-order valence-electron chi connectivity index (χ2n) is 7.89. The third kappa shape index (κ3) is 4.94. The number of hydrogen-bond donors (Lipinski definition) is 2. The predicted octanol–water partition coefficient (Wildman–Crippen LogP) is 3.19. The third-order valence-corrected chi connectivity index (χ3v) is 5.70. The molecule has 0 bridgehead atoms. The number of anilines is 1. The molecule has 1 saturated heterocycles. The minimum absolute atomic E-state index is 0.189. The summed E-state index contributed by atoms with van der Waals surface area (Å²) >= 11 is 0. The zero-order chi connectivity index (χ0) is 22.3. The quantitative estimate of drug-likeness (QED) is 0.573. The van der Waals surface area contributed by atoms with Crippen LogP contribution in [0.2, 0.25) is 0 Å². The lowest BCUT2D eigenvalue weighted by Gasteiger charge is -2.27. The van der Waals surface area contributed by atoms with Crippen LogP contribution >= 0.6 is 0 Å². The van der Waals surface area contributed by atoms with Crippen LogP contribution in [0, 0.1) is 0 Å². The number of likely N-dealkylation sites (tertiary alicyclic amines) is 1. The standard InChI is InChI=1S/C25H27N5O2/c26-24(32)23(19-9-6-13-27-17-19)20-11-12-21(18-7-2-1-3-8-18)29-25(20)28-14-16-30-15-5-4-10-22(30)31/h1-3,6-9,11-13,17,23H,4-5,10,14-16H2,(H2,26,32)(H,28,29). The number of benzene rings is 1. The fraction of sp³-hybridized carbons (Fsp3) is 0.280. The van der Waals surface area contributed by atoms with Crippen LogP contribution < -0.4 is 11.1 Å². The van der Waals surface area contributed by atoms with Crippen molar-refractivity contribution in [3.05, 3.63) is 78.1 Å². The summed E-state index contributed by atoms with van der Waals surface area (Å²) in [5, 5.41) is 3.36. The Morgan fingerprint density at radius 1 is 1.09 bits per heavy atom. The van der Waals surface area contributed by atoms with E-state index >= 15 is 0 Å². The van der Waals surface area contributed by atoms with Crippen molar-refractivity contribution < 1.29 is 9.59 Å². The first-order chi connectivity index (χ1) is 15.6. The Morgan fingerprint density at radius 3 is 2.66 bits per heavy atom. The van der Waals surface area contributed by atoms with E-state index in [-0.39, 0.29) is 5.91 Å². The van der Waals surface area contributed by atoms with E-state index in [1.807, 2.05) is 53.4 Å². The maximum Gasteiger partial charge on any atom is 0.229 e. The highest BCUT2D eigenvalue weighted by Gasteiger charge is 2.25. The Balaban J connectivity index is 1.65. The van der Waals surface area contributed by atoms with Gasteiger partial charge >= 0.3 is 0 Å². The van der Waals surface area contributed by atoms with Gasteiger partial charge in [0.25, 0.3) is 0 Å². The Bertz CT molecular complexity index is 1070. The number of carbonyl (C=O) groups excluding carboxylic acids is 2. The molecule has 2 aromatic heterocycles. The zero-order valence-corrected chi connectivity index (χ0v) is 17.9. The number of primary amides is 1. The Labute approximate surface area is 187 Å². The molecule has 0 saturated carbocycles. The molecule has 164 valence electrons. The fourth-order valence-corrected chi connectivity index (χ4v) is 4.07. The van der Waals surface area contributed by atoms with Gasteiger partial charge in [-0.05, 0) is 30.5 Å². The number of hydrogen-bond acceptors (Lipinski definition) is 5. The van der Waals surface area contributed by atoms with Gasteiger partial charge in [-0.1, -0.05) is 42.5 Å². The Kier molecular flexibility index (Phi) is 6.75. The molecule has 4 rings (SSSR count). The lowest BCUT2D eigenvalue weighted by molar-refractivity contribution is -0.133. The van der Waals surface area contributed by atoms with Crippen molar-refractivity contribution in [3.8, 4) is 11.3 Å². The van der Waals surface area contributed by atoms with Crippen LogP contribution in [0.15, 0.2) is 67.0 Å². The molecular formula is C25H27N5O2. The van der Waals surface area contributed by atoms with Gasteiger partial charge in [0.2, 0.25) is 11.8 Å². The summed E-state index contributed by atoms with van der Waals surface area (Å²) in [5.74, 6) is -0.375. The maximum absolute atomic E-state index is 12.5. The molecule has 2 amide bonds. The van der Waals surface area contributed by atoms with Gasteiger partial charge in [0.1, 0.15) is 5.82 Å². The molecule has 3 heterocycles. The van der Waals surface area contributed by atoms with E-state index < -0.39 is 11.8 Å². The van der Waals surface area contributed by atoms with E-state index in [1.165, 1.54) is 0 Å². The molecule has 1 aliphatic heterocycles. The topological polar surface area (TPSA) is 101 Å². The van der Waals surface area contributed by atoms with E-state index in [0.717, 1.165) is 30.6 Å². The van der Waals surface area contributed by atoms with Crippen molar-refractivity contribution in [1.29, 1.82) is 0 Å². The maximum atomic E-state index is 12.5. The summed E-state index contributed by atoms with van der Waals surface area (Å²) in [4.78, 5) is 35.5. The molecule has 3 aromatic rings. The van der Waals surface area contributed by atoms with Crippen molar-refractivity contribution in [2.75, 3.05) is 25.0 Å². The number of aromatic nitrogens is 2. The van der Waals surface area contributed by atoms with Gasteiger partial charge in [0.15, 0.2) is 0 Å². The van der Waals surface area contributed by atoms with Crippen molar-refractivity contribution in [1.82, 2.24) is 14.9 Å². The fourth-order valence-electron chi connectivity index (χ4n) is 4.07. The largest absolute Gasteiger partial charge is 0.369 e. The molecule has 1 unspecified atom stereocenters. The monoisotopic (exact) mass is 429 g/mol. The first-order valence-corrected chi connectivity index (χ1v) is 10.9. The summed E-state index contributed by atoms with van der Waals surface area (Å²) in [6.45, 7) is 1.90. The first-order valence-electron chi connectivity index (χ1n) is 10.9. The molecule has 1 aromatic carbocycles. The minimum atomic E-state index is -0.680. The molecule has 32 heavy (non-hydrogen) atoms. The molecule has 0 radical (unpaired) electrons. The second-order valence-corrected chi connectivity index (χ2v) is 7.89. The molecule has 3 N–H and O–H groups in total. The van der Waals surface area contributed by atoms with Gasteiger partial charge in [0, 0.05) is 49.6 Å². The molecule has 0 aliphatic carbocycles. The van der Waals surface area contributed by atoms with E-state index in [4.69, 9.17) is 10.7 Å². The van der Waals surface area contributed by atoms with Crippen LogP contribution in [0.25, 0.3) is 11.3 Å². The predicted molar refractivity (Wildman–Crippen MR) is 124 cm³/mol. The van der Waals surface area contributed by atoms with E-state index in [9.17, 15) is 9.59 Å². The summed E-state index contributed by atoms with van der Waals surface area (Å²) in [6, 6.07) is 17.3. The van der Waals surface area contributed by atoms with E-state index in [2.05, 4.69) is 10.3 Å². The van der Waals surface area contributed by atoms with Crippen LogP contribution in [-0.4, -0.2) is 46.3 Å². The van der Waals surface area contributed by atoms with Crippen molar-refractivity contribution in [2.24, 2.45) is 5.73 Å². The van der Waals surface area contributed by atoms with Gasteiger partial charge < -0.3 is 16.0 Å². The first kappa shape index (κ1) is 21.5. The Morgan fingerprint density at radius 2 is 1.94 bits per heavy atom. The lowest BCUT2D eigenvalue weighted by Crippen LogP contribution is -2.38. The number of piperidine rings is 1. The number of carbonyl (C=O) groups is 2. The molecule has 1 fully saturated rings. The van der Waals surface area contributed by atoms with Gasteiger partial charge in [-0.2, -0.15) is 0 Å². The van der Waals surface area contributed by atoms with Crippen molar-refractivity contribution in [2.45, 2.75) is 25.2 Å². The zero-order valence-electron chi connectivity index (χ0n) is 17.9. The number of nitrogens with one attached hydrogen (secondary N) is 1. The van der Waals surface area contributed by atoms with E-state index in [0.29, 0.717) is 36.5 Å². The Hall–Kier alpha value is -3.74. The van der Waals surface area contributed by atoms with Crippen LogP contribution in [0.3, 0.4) is 0 Å².